The molecule has 4 heterocycles. The molecule has 4 atom stereocenters. The van der Waals surface area contributed by atoms with Crippen molar-refractivity contribution >= 4 is 17.9 Å². The highest BCUT2D eigenvalue weighted by Gasteiger charge is 2.47. The second-order valence-corrected chi connectivity index (χ2v) is 11.0. The molecular formula is C29H37N3O4. The van der Waals surface area contributed by atoms with Crippen LogP contribution in [-0.2, 0) is 16.0 Å². The molecule has 1 aromatic rings. The zero-order valence-electron chi connectivity index (χ0n) is 21.4. The minimum Gasteiger partial charge on any atom is -0.493 e. The van der Waals surface area contributed by atoms with E-state index >= 15 is 0 Å². The van der Waals surface area contributed by atoms with Gasteiger partial charge in [-0.1, -0.05) is 18.1 Å². The number of hydrogen-bond donors (Lipinski definition) is 0. The molecule has 0 spiro atoms. The lowest BCUT2D eigenvalue weighted by Gasteiger charge is -2.54. The van der Waals surface area contributed by atoms with Crippen molar-refractivity contribution < 1.29 is 19.1 Å². The Morgan fingerprint density at radius 1 is 1.08 bits per heavy atom. The summed E-state index contributed by atoms with van der Waals surface area (Å²) in [6, 6.07) is 4.65. The average Bonchev–Trinajstić information content (AvgIpc) is 3.05. The van der Waals surface area contributed by atoms with Gasteiger partial charge in [0.25, 0.3) is 0 Å². The molecule has 3 fully saturated rings. The molecule has 2 amide bonds. The van der Waals surface area contributed by atoms with E-state index in [1.807, 2.05) is 18.2 Å². The maximum atomic E-state index is 13.7. The van der Waals surface area contributed by atoms with Gasteiger partial charge in [-0.05, 0) is 79.8 Å². The molecule has 7 nitrogen and oxygen atoms in total. The molecular weight excluding hydrogens is 454 g/mol. The fourth-order valence-corrected chi connectivity index (χ4v) is 7.39. The van der Waals surface area contributed by atoms with Crippen LogP contribution in [-0.4, -0.2) is 79.0 Å². The van der Waals surface area contributed by atoms with Crippen molar-refractivity contribution in [1.29, 1.82) is 0 Å². The predicted molar refractivity (Wildman–Crippen MR) is 138 cm³/mol. The van der Waals surface area contributed by atoms with E-state index in [-0.39, 0.29) is 30.8 Å². The molecule has 3 saturated heterocycles. The van der Waals surface area contributed by atoms with Gasteiger partial charge in [0.15, 0.2) is 11.5 Å². The van der Waals surface area contributed by atoms with Crippen molar-refractivity contribution in [2.45, 2.75) is 57.0 Å². The van der Waals surface area contributed by atoms with Crippen LogP contribution in [0.4, 0.5) is 0 Å². The number of nitrogens with zero attached hydrogens (tertiary/aromatic N) is 3. The molecule has 1 aliphatic carbocycles. The second kappa shape index (κ2) is 9.58. The molecule has 0 radical (unpaired) electrons. The summed E-state index contributed by atoms with van der Waals surface area (Å²) in [6.45, 7) is 3.18. The molecule has 0 saturated carbocycles. The van der Waals surface area contributed by atoms with Crippen molar-refractivity contribution in [3.05, 3.63) is 41.1 Å². The summed E-state index contributed by atoms with van der Waals surface area (Å²) in [7, 11) is 3.20. The Morgan fingerprint density at radius 3 is 2.75 bits per heavy atom. The van der Waals surface area contributed by atoms with E-state index in [1.165, 1.54) is 37.8 Å². The molecule has 6 rings (SSSR count). The molecule has 192 valence electrons. The van der Waals surface area contributed by atoms with Crippen LogP contribution in [0.25, 0.3) is 6.08 Å². The Morgan fingerprint density at radius 2 is 1.92 bits per heavy atom. The van der Waals surface area contributed by atoms with Gasteiger partial charge in [0.2, 0.25) is 11.8 Å². The number of hydrogen-bond acceptors (Lipinski definition) is 5. The van der Waals surface area contributed by atoms with Gasteiger partial charge in [-0.15, -0.1) is 0 Å². The van der Waals surface area contributed by atoms with Crippen LogP contribution in [0.5, 0.6) is 11.5 Å². The molecule has 0 unspecified atom stereocenters. The average molecular weight is 492 g/mol. The zero-order chi connectivity index (χ0) is 24.8. The topological polar surface area (TPSA) is 62.3 Å². The number of carbonyl (C=O) groups excluding carboxylic acids is 2. The fourth-order valence-electron chi connectivity index (χ4n) is 7.39. The van der Waals surface area contributed by atoms with Crippen LogP contribution < -0.4 is 9.47 Å². The molecule has 5 aliphatic rings. The Hall–Kier alpha value is -2.80. The van der Waals surface area contributed by atoms with Gasteiger partial charge in [0.1, 0.15) is 6.54 Å². The lowest BCUT2D eigenvalue weighted by molar-refractivity contribution is -0.141. The first-order valence-corrected chi connectivity index (χ1v) is 13.5. The minimum atomic E-state index is -0.0733. The quantitative estimate of drug-likeness (QED) is 0.604. The first-order chi connectivity index (χ1) is 17.6. The summed E-state index contributed by atoms with van der Waals surface area (Å²) >= 11 is 0. The van der Waals surface area contributed by atoms with E-state index in [4.69, 9.17) is 9.47 Å². The summed E-state index contributed by atoms with van der Waals surface area (Å²) < 4.78 is 10.9. The minimum absolute atomic E-state index is 0.0592. The highest BCUT2D eigenvalue weighted by Crippen LogP contribution is 2.45. The number of benzene rings is 1. The third kappa shape index (κ3) is 4.11. The van der Waals surface area contributed by atoms with Gasteiger partial charge >= 0.3 is 0 Å². The summed E-state index contributed by atoms with van der Waals surface area (Å²) in [6.07, 6.45) is 13.7. The van der Waals surface area contributed by atoms with Crippen molar-refractivity contribution in [2.75, 3.05) is 40.4 Å². The highest BCUT2D eigenvalue weighted by molar-refractivity contribution is 5.89. The number of likely N-dealkylation sites (tertiary alicyclic amines) is 1. The van der Waals surface area contributed by atoms with Gasteiger partial charge in [0.05, 0.1) is 26.7 Å². The number of methoxy groups -OCH3 is 2. The Kier molecular flexibility index (Phi) is 6.28. The standard InChI is InChI=1S/C29H37N3O4/c1-35-25-14-19-8-11-31(27(33)16-21(19)15-26(25)36-2)18-28(34)32-10-5-6-20-12-22-13-23(29(20)32)17-30-9-4-3-7-24(22)30/h8,11-12,14-15,22-24,29H,3-7,9-10,13,16-18H2,1-2H3/t22-,23-,24+,29+/m0/s1. The van der Waals surface area contributed by atoms with Crippen molar-refractivity contribution in [1.82, 2.24) is 14.7 Å². The van der Waals surface area contributed by atoms with Crippen LogP contribution >= 0.6 is 0 Å². The van der Waals surface area contributed by atoms with Gasteiger partial charge in [-0.3, -0.25) is 14.5 Å². The normalized spacial score (nSPS) is 29.5. The first kappa shape index (κ1) is 23.6. The Bertz CT molecular complexity index is 1110. The maximum Gasteiger partial charge on any atom is 0.243 e. The Balaban J connectivity index is 1.20. The van der Waals surface area contributed by atoms with Gasteiger partial charge in [-0.2, -0.15) is 0 Å². The van der Waals surface area contributed by atoms with E-state index in [1.54, 1.807) is 25.3 Å². The maximum absolute atomic E-state index is 13.7. The number of ether oxygens (including phenoxy) is 2. The SMILES string of the molecule is COc1cc2c(cc1OC)CC(=O)N(CC(=O)N1CCCC3=C[C@H]4C[C@@H](CN5CCCC[C@H]45)[C@@H]31)C=C2. The monoisotopic (exact) mass is 491 g/mol. The molecule has 4 aliphatic heterocycles. The number of fused-ring (bicyclic) bond motifs is 7. The van der Waals surface area contributed by atoms with Gasteiger partial charge in [-0.25, -0.2) is 0 Å². The van der Waals surface area contributed by atoms with E-state index in [0.29, 0.717) is 29.4 Å². The summed E-state index contributed by atoms with van der Waals surface area (Å²) in [4.78, 5) is 33.3. The summed E-state index contributed by atoms with van der Waals surface area (Å²) in [5.74, 6) is 2.37. The number of amides is 2. The van der Waals surface area contributed by atoms with Gasteiger partial charge in [0, 0.05) is 25.3 Å². The van der Waals surface area contributed by atoms with E-state index < -0.39 is 0 Å². The summed E-state index contributed by atoms with van der Waals surface area (Å²) in [5, 5.41) is 0. The van der Waals surface area contributed by atoms with Crippen molar-refractivity contribution in [3.8, 4) is 11.5 Å². The number of piperidine rings is 3. The lowest BCUT2D eigenvalue weighted by Crippen LogP contribution is -2.60. The van der Waals surface area contributed by atoms with Crippen LogP contribution in [0.3, 0.4) is 0 Å². The second-order valence-electron chi connectivity index (χ2n) is 11.0. The first-order valence-electron chi connectivity index (χ1n) is 13.5. The smallest absolute Gasteiger partial charge is 0.243 e. The Labute approximate surface area is 213 Å². The molecule has 0 N–H and O–H groups in total. The largest absolute Gasteiger partial charge is 0.493 e. The van der Waals surface area contributed by atoms with Gasteiger partial charge < -0.3 is 19.3 Å². The number of carbonyl (C=O) groups is 2. The molecule has 0 aromatic heterocycles. The molecule has 1 aromatic carbocycles. The zero-order valence-corrected chi connectivity index (χ0v) is 21.4. The van der Waals surface area contributed by atoms with Crippen LogP contribution in [0, 0.1) is 11.8 Å². The molecule has 2 bridgehead atoms. The van der Waals surface area contributed by atoms with Crippen molar-refractivity contribution in [3.63, 3.8) is 0 Å². The van der Waals surface area contributed by atoms with E-state index in [2.05, 4.69) is 15.9 Å². The van der Waals surface area contributed by atoms with Crippen LogP contribution in [0.2, 0.25) is 0 Å². The van der Waals surface area contributed by atoms with Crippen LogP contribution in [0.1, 0.15) is 49.7 Å². The molecule has 7 heteroatoms. The fraction of sp³-hybridized carbons (Fsp3) is 0.586. The number of rotatable bonds is 4. The molecule has 36 heavy (non-hydrogen) atoms. The predicted octanol–water partition coefficient (Wildman–Crippen LogP) is 3.48. The highest BCUT2D eigenvalue weighted by atomic mass is 16.5. The third-order valence-corrected chi connectivity index (χ3v) is 9.02. The lowest BCUT2D eigenvalue weighted by atomic mass is 9.68. The van der Waals surface area contributed by atoms with Crippen molar-refractivity contribution in [2.24, 2.45) is 11.8 Å². The van der Waals surface area contributed by atoms with E-state index in [0.717, 1.165) is 37.1 Å². The van der Waals surface area contributed by atoms with Crippen LogP contribution in [0.15, 0.2) is 30.0 Å². The third-order valence-electron chi connectivity index (χ3n) is 9.02. The summed E-state index contributed by atoms with van der Waals surface area (Å²) in [5.41, 5.74) is 3.27. The van der Waals surface area contributed by atoms with E-state index in [9.17, 15) is 9.59 Å².